The van der Waals surface area contributed by atoms with E-state index in [1.165, 1.54) is 5.56 Å². The smallest absolute Gasteiger partial charge is 0.329 e. The van der Waals surface area contributed by atoms with Crippen LogP contribution < -0.4 is 16.4 Å². The largest absolute Gasteiger partial charge is 0.454 e. The molecule has 3 rings (SSSR count). The van der Waals surface area contributed by atoms with E-state index in [-0.39, 0.29) is 18.4 Å². The number of nitrogens with two attached hydrogens (primary N) is 1. The highest BCUT2D eigenvalue weighted by Gasteiger charge is 2.25. The third-order valence-corrected chi connectivity index (χ3v) is 4.93. The first-order chi connectivity index (χ1) is 14.0. The van der Waals surface area contributed by atoms with Gasteiger partial charge in [0.05, 0.1) is 6.04 Å². The normalized spacial score (nSPS) is 16.2. The zero-order chi connectivity index (χ0) is 20.6. The fourth-order valence-corrected chi connectivity index (χ4v) is 3.59. The Balaban J connectivity index is 1.55. The predicted molar refractivity (Wildman–Crippen MR) is 108 cm³/mol. The molecule has 29 heavy (non-hydrogen) atoms. The van der Waals surface area contributed by atoms with Gasteiger partial charge in [0, 0.05) is 6.42 Å². The van der Waals surface area contributed by atoms with E-state index in [9.17, 15) is 14.4 Å². The molecule has 1 aliphatic rings. The average molecular weight is 395 g/mol. The van der Waals surface area contributed by atoms with E-state index < -0.39 is 24.6 Å². The van der Waals surface area contributed by atoms with Crippen LogP contribution in [-0.2, 0) is 27.2 Å². The van der Waals surface area contributed by atoms with E-state index >= 15 is 0 Å². The van der Waals surface area contributed by atoms with Gasteiger partial charge in [-0.3, -0.25) is 4.79 Å². The van der Waals surface area contributed by atoms with Gasteiger partial charge in [-0.1, -0.05) is 54.6 Å². The van der Waals surface area contributed by atoms with Gasteiger partial charge in [-0.15, -0.1) is 0 Å². The van der Waals surface area contributed by atoms with Crippen molar-refractivity contribution in [1.29, 1.82) is 0 Å². The molecule has 2 aromatic rings. The van der Waals surface area contributed by atoms with Gasteiger partial charge in [-0.2, -0.15) is 0 Å². The molecule has 152 valence electrons. The molecule has 0 heterocycles. The molecule has 0 aromatic heterocycles. The first-order valence-corrected chi connectivity index (χ1v) is 9.66. The van der Waals surface area contributed by atoms with Crippen molar-refractivity contribution >= 4 is 17.9 Å². The van der Waals surface area contributed by atoms with Gasteiger partial charge in [0.15, 0.2) is 6.61 Å². The molecular weight excluding hydrogens is 370 g/mol. The Morgan fingerprint density at radius 2 is 1.79 bits per heavy atom. The highest BCUT2D eigenvalue weighted by molar-refractivity contribution is 5.85. The number of rotatable bonds is 7. The lowest BCUT2D eigenvalue weighted by Gasteiger charge is -2.26. The first-order valence-electron chi connectivity index (χ1n) is 9.66. The van der Waals surface area contributed by atoms with Gasteiger partial charge in [-0.05, 0) is 36.0 Å². The Morgan fingerprint density at radius 1 is 1.07 bits per heavy atom. The standard InChI is InChI=1S/C22H25N3O4/c23-22(28)25-19(13-15-7-2-1-3-8-15)21(27)29-14-20(26)24-18-12-6-10-16-9-4-5-11-17(16)18/h1-5,7-9,11,18-19H,6,10,12-14H2,(H,24,26)(H3,23,25,28)/t18-,19+/m1/s1. The van der Waals surface area contributed by atoms with Crippen molar-refractivity contribution in [3.05, 3.63) is 71.3 Å². The summed E-state index contributed by atoms with van der Waals surface area (Å²) in [6, 6.07) is 15.3. The van der Waals surface area contributed by atoms with Crippen molar-refractivity contribution in [2.45, 2.75) is 37.8 Å². The molecule has 0 radical (unpaired) electrons. The molecule has 2 atom stereocenters. The zero-order valence-corrected chi connectivity index (χ0v) is 16.1. The highest BCUT2D eigenvalue weighted by Crippen LogP contribution is 2.29. The highest BCUT2D eigenvalue weighted by atomic mass is 16.5. The number of aryl methyl sites for hydroxylation is 1. The minimum absolute atomic E-state index is 0.0880. The Hall–Kier alpha value is -3.35. The second kappa shape index (κ2) is 9.73. The molecular formula is C22H25N3O4. The maximum absolute atomic E-state index is 12.4. The Kier molecular flexibility index (Phi) is 6.84. The summed E-state index contributed by atoms with van der Waals surface area (Å²) in [5, 5.41) is 5.31. The van der Waals surface area contributed by atoms with E-state index in [0.29, 0.717) is 0 Å². The van der Waals surface area contributed by atoms with Gasteiger partial charge in [0.25, 0.3) is 5.91 Å². The second-order valence-electron chi connectivity index (χ2n) is 7.07. The van der Waals surface area contributed by atoms with Gasteiger partial charge in [-0.25, -0.2) is 9.59 Å². The summed E-state index contributed by atoms with van der Waals surface area (Å²) in [6.45, 7) is -0.413. The van der Waals surface area contributed by atoms with Crippen molar-refractivity contribution < 1.29 is 19.1 Å². The maximum atomic E-state index is 12.4. The molecule has 0 saturated heterocycles. The predicted octanol–water partition coefficient (Wildman–Crippen LogP) is 2.00. The maximum Gasteiger partial charge on any atom is 0.329 e. The summed E-state index contributed by atoms with van der Waals surface area (Å²) < 4.78 is 5.15. The van der Waals surface area contributed by atoms with Crippen LogP contribution >= 0.6 is 0 Å². The average Bonchev–Trinajstić information content (AvgIpc) is 2.72. The van der Waals surface area contributed by atoms with Crippen molar-refractivity contribution in [2.24, 2.45) is 5.73 Å². The SMILES string of the molecule is NC(=O)N[C@@H](Cc1ccccc1)C(=O)OCC(=O)N[C@@H]1CCCc2ccccc21. The molecule has 0 spiro atoms. The molecule has 1 aliphatic carbocycles. The Morgan fingerprint density at radius 3 is 2.55 bits per heavy atom. The number of benzene rings is 2. The van der Waals surface area contributed by atoms with E-state index in [0.717, 1.165) is 30.4 Å². The van der Waals surface area contributed by atoms with Crippen LogP contribution in [0.3, 0.4) is 0 Å². The Bertz CT molecular complexity index is 869. The molecule has 0 fully saturated rings. The van der Waals surface area contributed by atoms with Crippen molar-refractivity contribution in [1.82, 2.24) is 10.6 Å². The number of urea groups is 1. The fraction of sp³-hybridized carbons (Fsp3) is 0.318. The number of fused-ring (bicyclic) bond motifs is 1. The summed E-state index contributed by atoms with van der Waals surface area (Å²) in [7, 11) is 0. The molecule has 3 amide bonds. The summed E-state index contributed by atoms with van der Waals surface area (Å²) in [5.41, 5.74) is 8.35. The van der Waals surface area contributed by atoms with E-state index in [2.05, 4.69) is 16.7 Å². The van der Waals surface area contributed by atoms with Crippen LogP contribution in [0, 0.1) is 0 Å². The number of ether oxygens (including phenoxy) is 1. The third-order valence-electron chi connectivity index (χ3n) is 4.93. The lowest BCUT2D eigenvalue weighted by atomic mass is 9.88. The fourth-order valence-electron chi connectivity index (χ4n) is 3.59. The van der Waals surface area contributed by atoms with Gasteiger partial charge < -0.3 is 21.1 Å². The number of carbonyl (C=O) groups excluding carboxylic acids is 3. The van der Waals surface area contributed by atoms with Crippen LogP contribution in [-0.4, -0.2) is 30.6 Å². The number of nitrogens with one attached hydrogen (secondary N) is 2. The van der Waals surface area contributed by atoms with E-state index in [4.69, 9.17) is 10.5 Å². The molecule has 4 N–H and O–H groups in total. The minimum atomic E-state index is -0.960. The molecule has 0 unspecified atom stereocenters. The second-order valence-corrected chi connectivity index (χ2v) is 7.07. The van der Waals surface area contributed by atoms with Crippen molar-refractivity contribution in [3.63, 3.8) is 0 Å². The number of primary amides is 1. The minimum Gasteiger partial charge on any atom is -0.454 e. The van der Waals surface area contributed by atoms with Crippen molar-refractivity contribution in [2.75, 3.05) is 6.61 Å². The van der Waals surface area contributed by atoms with Crippen LogP contribution in [0.4, 0.5) is 4.79 Å². The van der Waals surface area contributed by atoms with Crippen LogP contribution in [0.15, 0.2) is 54.6 Å². The molecule has 7 heteroatoms. The first kappa shape index (κ1) is 20.4. The number of carbonyl (C=O) groups is 3. The topological polar surface area (TPSA) is 111 Å². The van der Waals surface area contributed by atoms with Gasteiger partial charge in [0.1, 0.15) is 6.04 Å². The van der Waals surface area contributed by atoms with Crippen LogP contribution in [0.25, 0.3) is 0 Å². The summed E-state index contributed by atoms with van der Waals surface area (Å²) in [6.07, 6.45) is 3.05. The Labute approximate surface area is 169 Å². The lowest BCUT2D eigenvalue weighted by Crippen LogP contribution is -2.46. The van der Waals surface area contributed by atoms with Gasteiger partial charge >= 0.3 is 12.0 Å². The summed E-state index contributed by atoms with van der Waals surface area (Å²) in [4.78, 5) is 36.0. The quantitative estimate of drug-likeness (QED) is 0.623. The van der Waals surface area contributed by atoms with Crippen LogP contribution in [0.2, 0.25) is 0 Å². The number of hydrogen-bond donors (Lipinski definition) is 3. The van der Waals surface area contributed by atoms with Gasteiger partial charge in [0.2, 0.25) is 0 Å². The summed E-state index contributed by atoms with van der Waals surface area (Å²) >= 11 is 0. The van der Waals surface area contributed by atoms with Crippen LogP contribution in [0.5, 0.6) is 0 Å². The molecule has 0 saturated carbocycles. The number of amides is 3. The molecule has 2 aromatic carbocycles. The number of esters is 1. The van der Waals surface area contributed by atoms with Crippen LogP contribution in [0.1, 0.15) is 35.6 Å². The number of hydrogen-bond acceptors (Lipinski definition) is 4. The van der Waals surface area contributed by atoms with E-state index in [1.807, 2.05) is 48.5 Å². The monoisotopic (exact) mass is 395 g/mol. The van der Waals surface area contributed by atoms with Crippen molar-refractivity contribution in [3.8, 4) is 0 Å². The third kappa shape index (κ3) is 5.81. The molecule has 7 nitrogen and oxygen atoms in total. The summed E-state index contributed by atoms with van der Waals surface area (Å²) in [5.74, 6) is -1.08. The van der Waals surface area contributed by atoms with E-state index in [1.54, 1.807) is 0 Å². The zero-order valence-electron chi connectivity index (χ0n) is 16.1. The molecule has 0 bridgehead atoms. The molecule has 0 aliphatic heterocycles. The lowest BCUT2D eigenvalue weighted by molar-refractivity contribution is -0.150.